The van der Waals surface area contributed by atoms with E-state index in [1.807, 2.05) is 0 Å². The molecular formula is C12H10F3N3O. The van der Waals surface area contributed by atoms with Crippen molar-refractivity contribution in [3.63, 3.8) is 0 Å². The molecule has 2 heterocycles. The van der Waals surface area contributed by atoms with Gasteiger partial charge in [0.1, 0.15) is 5.69 Å². The predicted molar refractivity (Wildman–Crippen MR) is 61.2 cm³/mol. The molecule has 4 nitrogen and oxygen atoms in total. The molecule has 0 unspecified atom stereocenters. The van der Waals surface area contributed by atoms with Crippen molar-refractivity contribution in [2.45, 2.75) is 12.7 Å². The molecule has 1 amide bonds. The lowest BCUT2D eigenvalue weighted by Gasteiger charge is -2.07. The summed E-state index contributed by atoms with van der Waals surface area (Å²) in [6, 6.07) is 3.67. The van der Waals surface area contributed by atoms with E-state index in [9.17, 15) is 18.0 Å². The summed E-state index contributed by atoms with van der Waals surface area (Å²) in [6.45, 7) is 0.295. The fourth-order valence-electron chi connectivity index (χ4n) is 1.45. The van der Waals surface area contributed by atoms with E-state index in [0.29, 0.717) is 6.54 Å². The Hall–Kier alpha value is -2.31. The highest BCUT2D eigenvalue weighted by Gasteiger charge is 2.32. The summed E-state index contributed by atoms with van der Waals surface area (Å²) in [4.78, 5) is 17.7. The van der Waals surface area contributed by atoms with Crippen LogP contribution in [0.4, 0.5) is 13.2 Å². The van der Waals surface area contributed by atoms with Crippen molar-refractivity contribution in [2.24, 2.45) is 0 Å². The summed E-state index contributed by atoms with van der Waals surface area (Å²) in [5.41, 5.74) is -0.0635. The van der Waals surface area contributed by atoms with Crippen molar-refractivity contribution in [1.29, 1.82) is 0 Å². The number of nitrogens with one attached hydrogen (secondary N) is 2. The maximum atomic E-state index is 12.3. The smallest absolute Gasteiger partial charge is 0.367 e. The second kappa shape index (κ2) is 5.13. The number of hydrogen-bond donors (Lipinski definition) is 2. The van der Waals surface area contributed by atoms with E-state index in [1.165, 1.54) is 0 Å². The summed E-state index contributed by atoms with van der Waals surface area (Å²) in [5.74, 6) is -0.470. The standard InChI is InChI=1S/C12H10F3N3O/c13-12(14,15)10-2-1-9(7-17-10)11(19)18-6-8-3-4-16-5-8/h1-5,7,16H,6H2,(H,18,19). The molecule has 100 valence electrons. The van der Waals surface area contributed by atoms with Crippen LogP contribution >= 0.6 is 0 Å². The number of aromatic amines is 1. The van der Waals surface area contributed by atoms with Gasteiger partial charge in [0.2, 0.25) is 0 Å². The predicted octanol–water partition coefficient (Wildman–Crippen LogP) is 2.36. The van der Waals surface area contributed by atoms with Crippen LogP contribution in [0.25, 0.3) is 0 Å². The number of amides is 1. The maximum Gasteiger partial charge on any atom is 0.433 e. The molecule has 0 atom stereocenters. The third kappa shape index (κ3) is 3.34. The number of carbonyl (C=O) groups excluding carboxylic acids is 1. The molecule has 0 spiro atoms. The lowest BCUT2D eigenvalue weighted by Crippen LogP contribution is -2.23. The number of halogens is 3. The second-order valence-electron chi connectivity index (χ2n) is 3.83. The Morgan fingerprint density at radius 2 is 2.11 bits per heavy atom. The summed E-state index contributed by atoms with van der Waals surface area (Å²) < 4.78 is 36.9. The lowest BCUT2D eigenvalue weighted by molar-refractivity contribution is -0.141. The maximum absolute atomic E-state index is 12.3. The Balaban J connectivity index is 2.00. The lowest BCUT2D eigenvalue weighted by atomic mass is 10.2. The molecule has 19 heavy (non-hydrogen) atoms. The molecule has 0 aliphatic heterocycles. The molecule has 0 aliphatic carbocycles. The van der Waals surface area contributed by atoms with Gasteiger partial charge in [-0.05, 0) is 23.8 Å². The first-order valence-corrected chi connectivity index (χ1v) is 5.40. The molecule has 0 saturated carbocycles. The normalized spacial score (nSPS) is 11.3. The topological polar surface area (TPSA) is 57.8 Å². The van der Waals surface area contributed by atoms with Crippen LogP contribution in [-0.4, -0.2) is 15.9 Å². The van der Waals surface area contributed by atoms with Crippen molar-refractivity contribution >= 4 is 5.91 Å². The quantitative estimate of drug-likeness (QED) is 0.898. The molecule has 0 aromatic carbocycles. The number of nitrogens with zero attached hydrogens (tertiary/aromatic N) is 1. The van der Waals surface area contributed by atoms with Gasteiger partial charge in [0.05, 0.1) is 5.56 Å². The number of alkyl halides is 3. The zero-order chi connectivity index (χ0) is 13.9. The Morgan fingerprint density at radius 1 is 1.32 bits per heavy atom. The molecule has 2 N–H and O–H groups in total. The van der Waals surface area contributed by atoms with Gasteiger partial charge in [-0.3, -0.25) is 9.78 Å². The minimum absolute atomic E-state index is 0.0866. The fraction of sp³-hybridized carbons (Fsp3) is 0.167. The SMILES string of the molecule is O=C(NCc1cc[nH]c1)c1ccc(C(F)(F)F)nc1. The van der Waals surface area contributed by atoms with E-state index in [0.717, 1.165) is 23.9 Å². The van der Waals surface area contributed by atoms with Crippen LogP contribution in [-0.2, 0) is 12.7 Å². The van der Waals surface area contributed by atoms with Gasteiger partial charge >= 0.3 is 6.18 Å². The van der Waals surface area contributed by atoms with E-state index in [2.05, 4.69) is 15.3 Å². The van der Waals surface area contributed by atoms with Gasteiger partial charge in [0, 0.05) is 25.1 Å². The van der Waals surface area contributed by atoms with Crippen LogP contribution in [0.15, 0.2) is 36.8 Å². The zero-order valence-electron chi connectivity index (χ0n) is 9.66. The minimum Gasteiger partial charge on any atom is -0.367 e. The second-order valence-corrected chi connectivity index (χ2v) is 3.83. The molecule has 2 aromatic rings. The van der Waals surface area contributed by atoms with Crippen LogP contribution in [0.3, 0.4) is 0 Å². The molecule has 0 aliphatic rings. The molecular weight excluding hydrogens is 259 g/mol. The van der Waals surface area contributed by atoms with Crippen LogP contribution < -0.4 is 5.32 Å². The van der Waals surface area contributed by atoms with Gasteiger partial charge in [0.25, 0.3) is 5.91 Å². The molecule has 2 aromatic heterocycles. The highest BCUT2D eigenvalue weighted by Crippen LogP contribution is 2.27. The highest BCUT2D eigenvalue weighted by atomic mass is 19.4. The average Bonchev–Trinajstić information content (AvgIpc) is 2.88. The number of pyridine rings is 1. The Kier molecular flexibility index (Phi) is 3.55. The number of rotatable bonds is 3. The van der Waals surface area contributed by atoms with Crippen molar-refractivity contribution in [1.82, 2.24) is 15.3 Å². The number of carbonyl (C=O) groups is 1. The molecule has 0 fully saturated rings. The first-order valence-electron chi connectivity index (χ1n) is 5.40. The van der Waals surface area contributed by atoms with E-state index < -0.39 is 17.8 Å². The summed E-state index contributed by atoms with van der Waals surface area (Å²) >= 11 is 0. The van der Waals surface area contributed by atoms with Crippen LogP contribution in [0.1, 0.15) is 21.6 Å². The van der Waals surface area contributed by atoms with E-state index in [4.69, 9.17) is 0 Å². The largest absolute Gasteiger partial charge is 0.433 e. The third-order valence-electron chi connectivity index (χ3n) is 2.43. The zero-order valence-corrected chi connectivity index (χ0v) is 9.66. The van der Waals surface area contributed by atoms with Gasteiger partial charge in [0.15, 0.2) is 0 Å². The summed E-state index contributed by atoms with van der Waals surface area (Å²) in [7, 11) is 0. The van der Waals surface area contributed by atoms with Crippen LogP contribution in [0.2, 0.25) is 0 Å². The average molecular weight is 269 g/mol. The molecule has 2 rings (SSSR count). The van der Waals surface area contributed by atoms with Crippen LogP contribution in [0, 0.1) is 0 Å². The number of hydrogen-bond acceptors (Lipinski definition) is 2. The van der Waals surface area contributed by atoms with Crippen molar-refractivity contribution < 1.29 is 18.0 Å². The molecule has 0 radical (unpaired) electrons. The van der Waals surface area contributed by atoms with Gasteiger partial charge in [-0.15, -0.1) is 0 Å². The van der Waals surface area contributed by atoms with E-state index >= 15 is 0 Å². The Bertz CT molecular complexity index is 547. The molecule has 7 heteroatoms. The Labute approximate surface area is 106 Å². The monoisotopic (exact) mass is 269 g/mol. The van der Waals surface area contributed by atoms with Crippen LogP contribution in [0.5, 0.6) is 0 Å². The third-order valence-corrected chi connectivity index (χ3v) is 2.43. The molecule has 0 bridgehead atoms. The van der Waals surface area contributed by atoms with Crippen molar-refractivity contribution in [2.75, 3.05) is 0 Å². The first-order chi connectivity index (χ1) is 8.97. The van der Waals surface area contributed by atoms with Gasteiger partial charge in [-0.1, -0.05) is 0 Å². The van der Waals surface area contributed by atoms with E-state index in [-0.39, 0.29) is 5.56 Å². The van der Waals surface area contributed by atoms with Crippen molar-refractivity contribution in [3.05, 3.63) is 53.6 Å². The van der Waals surface area contributed by atoms with Gasteiger partial charge < -0.3 is 10.3 Å². The summed E-state index contributed by atoms with van der Waals surface area (Å²) in [5, 5.41) is 2.58. The number of H-pyrrole nitrogens is 1. The first kappa shape index (κ1) is 13.1. The molecule has 0 saturated heterocycles. The summed E-state index contributed by atoms with van der Waals surface area (Å²) in [6.07, 6.45) is -0.165. The fourth-order valence-corrected chi connectivity index (χ4v) is 1.45. The van der Waals surface area contributed by atoms with Gasteiger partial charge in [-0.2, -0.15) is 13.2 Å². The van der Waals surface area contributed by atoms with Crippen molar-refractivity contribution in [3.8, 4) is 0 Å². The Morgan fingerprint density at radius 3 is 2.63 bits per heavy atom. The van der Waals surface area contributed by atoms with Gasteiger partial charge in [-0.25, -0.2) is 0 Å². The number of aromatic nitrogens is 2. The minimum atomic E-state index is -4.50. The highest BCUT2D eigenvalue weighted by molar-refractivity contribution is 5.93. The van der Waals surface area contributed by atoms with E-state index in [1.54, 1.807) is 18.5 Å².